The van der Waals surface area contributed by atoms with E-state index in [9.17, 15) is 19.5 Å². The molecule has 24 heteroatoms. The number of rotatable bonds is 16. The van der Waals surface area contributed by atoms with Gasteiger partial charge in [-0.05, 0) is 160 Å². The summed E-state index contributed by atoms with van der Waals surface area (Å²) in [6.45, 7) is 0.679. The van der Waals surface area contributed by atoms with Gasteiger partial charge in [-0.3, -0.25) is 23.5 Å². The van der Waals surface area contributed by atoms with E-state index >= 15 is 0 Å². The maximum absolute atomic E-state index is 13.3. The van der Waals surface area contributed by atoms with Crippen molar-refractivity contribution in [2.24, 2.45) is 52.6 Å². The predicted molar refractivity (Wildman–Crippen MR) is 421 cm³/mol. The molecule has 3 atom stereocenters. The second-order valence-electron chi connectivity index (χ2n) is 26.6. The Morgan fingerprint density at radius 1 is 0.458 bits per heavy atom. The summed E-state index contributed by atoms with van der Waals surface area (Å²) in [5, 5.41) is 16.2. The molecule has 16 rings (SSSR count). The zero-order chi connectivity index (χ0) is 75.2. The van der Waals surface area contributed by atoms with Crippen molar-refractivity contribution >= 4 is 79.5 Å². The van der Waals surface area contributed by atoms with Crippen molar-refractivity contribution in [3.05, 3.63) is 340 Å². The molecule has 0 saturated heterocycles. The molecule has 0 amide bonds. The van der Waals surface area contributed by atoms with E-state index in [0.717, 1.165) is 79.6 Å². The van der Waals surface area contributed by atoms with Gasteiger partial charge in [-0.25, -0.2) is 29.9 Å². The first kappa shape index (κ1) is 72.6. The Hall–Kier alpha value is -11.3. The molecule has 0 aliphatic heterocycles. The number of halogens is 4. The number of methoxy groups -OCH3 is 2. The molecule has 1 aliphatic rings. The monoisotopic (exact) mass is 1500 g/mol. The summed E-state index contributed by atoms with van der Waals surface area (Å²) in [6.07, 6.45) is 15.8. The van der Waals surface area contributed by atoms with Gasteiger partial charge in [0.2, 0.25) is 0 Å². The van der Waals surface area contributed by atoms with Crippen LogP contribution in [0.1, 0.15) is 63.4 Å². The predicted octanol–water partition coefficient (Wildman–Crippen LogP) is 14.3. The zero-order valence-electron chi connectivity index (χ0n) is 59.2. The summed E-state index contributed by atoms with van der Waals surface area (Å²) >= 11 is 24.8. The molecule has 1 saturated carbocycles. The Morgan fingerprint density at radius 2 is 0.897 bits per heavy atom. The number of ether oxygens (including phenoxy) is 2. The Bertz CT molecular complexity index is 5830. The molecule has 1 aliphatic carbocycles. The van der Waals surface area contributed by atoms with Gasteiger partial charge in [0, 0.05) is 120 Å². The molecule has 0 radical (unpaired) electrons. The first-order valence-corrected chi connectivity index (χ1v) is 35.6. The van der Waals surface area contributed by atoms with Crippen LogP contribution in [0.4, 0.5) is 0 Å². The van der Waals surface area contributed by atoms with Gasteiger partial charge in [-0.15, -0.1) is 0 Å². The van der Waals surface area contributed by atoms with Gasteiger partial charge >= 0.3 is 0 Å². The van der Waals surface area contributed by atoms with Crippen LogP contribution in [-0.4, -0.2) is 76.6 Å². The summed E-state index contributed by atoms with van der Waals surface area (Å²) < 4.78 is 21.2. The Labute approximate surface area is 634 Å². The van der Waals surface area contributed by atoms with E-state index < -0.39 is 16.7 Å². The molecule has 0 spiro atoms. The lowest BCUT2D eigenvalue weighted by Crippen LogP contribution is -2.41. The summed E-state index contributed by atoms with van der Waals surface area (Å²) in [7, 11) is 12.2. The van der Waals surface area contributed by atoms with Gasteiger partial charge in [-0.1, -0.05) is 119 Å². The smallest absolute Gasteiger partial charge is 0.252 e. The number of hydrogen-bond donors (Lipinski definition) is 3. The van der Waals surface area contributed by atoms with Crippen molar-refractivity contribution in [1.82, 2.24) is 57.3 Å². The van der Waals surface area contributed by atoms with Crippen LogP contribution >= 0.6 is 46.4 Å². The lowest BCUT2D eigenvalue weighted by molar-refractivity contribution is 0.117. The van der Waals surface area contributed by atoms with E-state index in [1.807, 2.05) is 180 Å². The van der Waals surface area contributed by atoms with Crippen LogP contribution in [0.15, 0.2) is 252 Å². The third-order valence-electron chi connectivity index (χ3n) is 19.9. The largest absolute Gasteiger partial charge is 0.497 e. The molecular weight excluding hydrogens is 1430 g/mol. The summed E-state index contributed by atoms with van der Waals surface area (Å²) in [4.78, 5) is 66.2. The van der Waals surface area contributed by atoms with Gasteiger partial charge in [0.25, 0.3) is 16.7 Å². The van der Waals surface area contributed by atoms with Crippen LogP contribution in [0.5, 0.6) is 11.5 Å². The van der Waals surface area contributed by atoms with Crippen molar-refractivity contribution < 1.29 is 14.6 Å². The lowest BCUT2D eigenvalue weighted by atomic mass is 9.81. The number of aromatic nitrogens is 12. The van der Waals surface area contributed by atoms with Gasteiger partial charge in [0.15, 0.2) is 5.60 Å². The van der Waals surface area contributed by atoms with E-state index in [4.69, 9.17) is 77.3 Å². The average Bonchev–Trinajstić information content (AvgIpc) is 1.72. The minimum absolute atomic E-state index is 0.0488. The van der Waals surface area contributed by atoms with Crippen molar-refractivity contribution in [2.75, 3.05) is 14.2 Å². The summed E-state index contributed by atoms with van der Waals surface area (Å²) in [5.41, 5.74) is 23.8. The second kappa shape index (κ2) is 29.5. The Balaban J connectivity index is 0.000000135. The van der Waals surface area contributed by atoms with Crippen molar-refractivity contribution in [1.29, 1.82) is 0 Å². The van der Waals surface area contributed by atoms with Crippen LogP contribution in [0.2, 0.25) is 20.1 Å². The lowest BCUT2D eigenvalue weighted by Gasteiger charge is -2.31. The van der Waals surface area contributed by atoms with Gasteiger partial charge in [-0.2, -0.15) is 0 Å². The summed E-state index contributed by atoms with van der Waals surface area (Å²) in [6, 6.07) is 57.1. The molecule has 1 fully saturated rings. The number of pyridine rings is 6. The van der Waals surface area contributed by atoms with E-state index in [0.29, 0.717) is 94.3 Å². The van der Waals surface area contributed by atoms with Crippen molar-refractivity contribution in [3.8, 4) is 44.9 Å². The number of hydrogen-bond acceptors (Lipinski definition) is 14. The third-order valence-corrected chi connectivity index (χ3v) is 20.9. The molecule has 5 N–H and O–H groups in total. The van der Waals surface area contributed by atoms with Gasteiger partial charge in [0.1, 0.15) is 33.9 Å². The number of benzene rings is 6. The van der Waals surface area contributed by atoms with Crippen LogP contribution in [0, 0.1) is 5.92 Å². The highest BCUT2D eigenvalue weighted by Gasteiger charge is 2.40. The highest BCUT2D eigenvalue weighted by molar-refractivity contribution is 6.31. The third kappa shape index (κ3) is 13.8. The second-order valence-corrected chi connectivity index (χ2v) is 28.4. The fourth-order valence-corrected chi connectivity index (χ4v) is 14.4. The number of nitrogens with two attached hydrogens (primary N) is 2. The zero-order valence-corrected chi connectivity index (χ0v) is 62.3. The first-order chi connectivity index (χ1) is 51.5. The molecule has 9 aromatic heterocycles. The minimum atomic E-state index is -1.57. The topological polar surface area (TPSA) is 249 Å². The first-order valence-electron chi connectivity index (χ1n) is 34.1. The highest BCUT2D eigenvalue weighted by atomic mass is 35.5. The van der Waals surface area contributed by atoms with Gasteiger partial charge in [0.05, 0.1) is 85.6 Å². The van der Waals surface area contributed by atoms with Crippen LogP contribution in [0.25, 0.3) is 66.5 Å². The Kier molecular flexibility index (Phi) is 20.0. The summed E-state index contributed by atoms with van der Waals surface area (Å²) in [5.74, 6) is 1.90. The van der Waals surface area contributed by atoms with E-state index in [1.165, 1.54) is 9.13 Å². The maximum atomic E-state index is 13.3. The number of imidazole rings is 3. The normalized spacial score (nSPS) is 13.8. The molecular formula is C83H72Cl4N14O6. The van der Waals surface area contributed by atoms with Crippen molar-refractivity contribution in [2.45, 2.75) is 36.1 Å². The van der Waals surface area contributed by atoms with Gasteiger partial charge < -0.3 is 44.3 Å². The SMILES string of the molecule is COc1cccc(-c2cc(=O)n(C)c3ncc([C@](N)(c4ccc(Cl)cc4)c4cncn4C)cc23)c1.COc1cccc(-c2cc(=O)n(C)c3ncc([C@](O)(c4ccc(Cl)cc4)c4cncn4C)cc23)c1.Cn1cncc1[C@@](N)(c1ccc(Cl)cc1)c1ccc2c(n1)c(-c1cccc(Cl)c1)cc(=O)n2CC1CC1. The Morgan fingerprint density at radius 3 is 1.37 bits per heavy atom. The molecule has 15 aromatic rings. The minimum Gasteiger partial charge on any atom is -0.497 e. The fourth-order valence-electron chi connectivity index (χ4n) is 13.9. The van der Waals surface area contributed by atoms with Crippen LogP contribution in [-0.2, 0) is 58.5 Å². The van der Waals surface area contributed by atoms with Crippen LogP contribution in [0.3, 0.4) is 0 Å². The maximum Gasteiger partial charge on any atom is 0.252 e. The number of aryl methyl sites for hydroxylation is 5. The van der Waals surface area contributed by atoms with E-state index in [-0.39, 0.29) is 16.7 Å². The molecule has 0 unspecified atom stereocenters. The molecule has 107 heavy (non-hydrogen) atoms. The fraction of sp³-hybridized carbons (Fsp3) is 0.169. The molecule has 20 nitrogen and oxygen atoms in total. The number of nitrogens with zero attached hydrogens (tertiary/aromatic N) is 12. The molecule has 9 heterocycles. The highest BCUT2D eigenvalue weighted by Crippen LogP contribution is 2.43. The number of aliphatic hydroxyl groups is 1. The van der Waals surface area contributed by atoms with Crippen molar-refractivity contribution in [3.63, 3.8) is 0 Å². The average molecular weight is 1500 g/mol. The molecule has 538 valence electrons. The standard InChI is InChI=1S/C29H25Cl2N5O.C27H24ClN5O2.C27H23ClN4O3/c1-35-17-33-15-26(35)29(32,20-7-9-21(30)10-8-20)25-12-11-24-28(34-25)23(19-3-2-4-22(31)13-19)14-27(37)36(24)16-18-5-6-18;1-32-16-30-15-24(32)27(29,18-7-9-20(28)10-8-18)19-12-23-22(17-5-4-6-21(11-17)35-3)13-25(34)33(2)26(23)31-14-19;1-31-16-29-15-24(31)27(34,18-7-9-20(28)10-8-18)19-12-23-22(17-5-4-6-21(11-17)35-3)13-25(33)32(2)26(23)30-14-19/h2-4,7-15,17-18H,5-6,16,32H2,1H3;4-16H,29H2,1-3H3;4-16,34H,1-3H3/t29-;2*27-/m111/s1. The van der Waals surface area contributed by atoms with E-state index in [2.05, 4.69) is 19.9 Å². The number of fused-ring (bicyclic) bond motifs is 3. The molecule has 0 bridgehead atoms. The van der Waals surface area contributed by atoms with E-state index in [1.54, 1.807) is 125 Å². The molecule has 6 aromatic carbocycles. The quantitative estimate of drug-likeness (QED) is 0.0814. The van der Waals surface area contributed by atoms with Crippen LogP contribution < -0.4 is 37.6 Å².